The zero-order chi connectivity index (χ0) is 22.6. The Hall–Kier alpha value is -2.56. The van der Waals surface area contributed by atoms with Crippen LogP contribution in [-0.2, 0) is 23.0 Å². The van der Waals surface area contributed by atoms with Crippen LogP contribution in [0, 0.1) is 0 Å². The molecular formula is C23H24N4O4S2. The molecule has 33 heavy (non-hydrogen) atoms. The maximum Gasteiger partial charge on any atom is 0.257 e. The van der Waals surface area contributed by atoms with Crippen molar-refractivity contribution in [3.05, 3.63) is 53.1 Å². The number of carbonyl (C=O) groups excluding carboxylic acids is 1. The molecule has 4 aliphatic heterocycles. The van der Waals surface area contributed by atoms with E-state index in [0.717, 1.165) is 49.0 Å². The Morgan fingerprint density at radius 1 is 1.06 bits per heavy atom. The second-order valence-electron chi connectivity index (χ2n) is 8.70. The number of hydrogen-bond acceptors (Lipinski definition) is 7. The summed E-state index contributed by atoms with van der Waals surface area (Å²) >= 11 is 1.32. The topological polar surface area (TPSA) is 82.5 Å². The lowest BCUT2D eigenvalue weighted by atomic mass is 10.1. The van der Waals surface area contributed by atoms with Crippen molar-refractivity contribution in [2.75, 3.05) is 50.0 Å². The lowest BCUT2D eigenvalue weighted by molar-refractivity contribution is 0.0628. The van der Waals surface area contributed by atoms with Crippen LogP contribution in [0.15, 0.2) is 45.7 Å². The molecule has 0 aromatic heterocycles. The van der Waals surface area contributed by atoms with Crippen LogP contribution >= 0.6 is 11.8 Å². The fourth-order valence-corrected chi connectivity index (χ4v) is 7.05. The summed E-state index contributed by atoms with van der Waals surface area (Å²) in [7, 11) is -3.39. The Labute approximate surface area is 197 Å². The molecule has 4 aliphatic rings. The van der Waals surface area contributed by atoms with Crippen molar-refractivity contribution in [3.8, 4) is 5.75 Å². The molecule has 4 heterocycles. The molecule has 172 valence electrons. The predicted molar refractivity (Wildman–Crippen MR) is 128 cm³/mol. The van der Waals surface area contributed by atoms with Gasteiger partial charge in [-0.05, 0) is 47.2 Å². The van der Waals surface area contributed by atoms with Crippen molar-refractivity contribution in [1.29, 1.82) is 0 Å². The van der Waals surface area contributed by atoms with Crippen LogP contribution in [0.1, 0.15) is 21.5 Å². The molecule has 0 bridgehead atoms. The number of rotatable bonds is 3. The molecule has 1 amide bonds. The average Bonchev–Trinajstić information content (AvgIpc) is 3.41. The van der Waals surface area contributed by atoms with Gasteiger partial charge < -0.3 is 14.5 Å². The van der Waals surface area contributed by atoms with Gasteiger partial charge in [0.1, 0.15) is 5.75 Å². The Morgan fingerprint density at radius 3 is 2.76 bits per heavy atom. The Kier molecular flexibility index (Phi) is 5.11. The SMILES string of the molecule is O=C(c1ccc2c(c1)SC1=NS(=O)(=O)CCN12)N1CCN(Cc2ccc3c(c2)CCO3)CC1. The first-order valence-electron chi connectivity index (χ1n) is 11.1. The quantitative estimate of drug-likeness (QED) is 0.661. The number of thioether (sulfide) groups is 1. The van der Waals surface area contributed by atoms with Crippen molar-refractivity contribution < 1.29 is 17.9 Å². The third kappa shape index (κ3) is 4.00. The van der Waals surface area contributed by atoms with Gasteiger partial charge in [-0.15, -0.1) is 4.40 Å². The summed E-state index contributed by atoms with van der Waals surface area (Å²) < 4.78 is 33.1. The van der Waals surface area contributed by atoms with Crippen LogP contribution in [-0.4, -0.2) is 74.4 Å². The Balaban J connectivity index is 1.10. The second kappa shape index (κ2) is 8.03. The largest absolute Gasteiger partial charge is 0.493 e. The monoisotopic (exact) mass is 484 g/mol. The van der Waals surface area contributed by atoms with E-state index in [1.54, 1.807) is 0 Å². The van der Waals surface area contributed by atoms with E-state index in [-0.39, 0.29) is 11.7 Å². The summed E-state index contributed by atoms with van der Waals surface area (Å²) in [5, 5.41) is 0.479. The van der Waals surface area contributed by atoms with Gasteiger partial charge in [0, 0.05) is 56.1 Å². The third-order valence-corrected chi connectivity index (χ3v) is 8.85. The molecule has 6 rings (SSSR count). The zero-order valence-corrected chi connectivity index (χ0v) is 19.7. The molecule has 0 spiro atoms. The maximum absolute atomic E-state index is 13.2. The molecule has 2 aromatic carbocycles. The molecule has 0 aliphatic carbocycles. The number of amides is 1. The number of ether oxygens (including phenoxy) is 1. The minimum Gasteiger partial charge on any atom is -0.493 e. The summed E-state index contributed by atoms with van der Waals surface area (Å²) in [4.78, 5) is 20.2. The average molecular weight is 485 g/mol. The Bertz CT molecular complexity index is 1270. The minimum atomic E-state index is -3.39. The van der Waals surface area contributed by atoms with E-state index in [1.807, 2.05) is 28.0 Å². The number of nitrogens with zero attached hydrogens (tertiary/aromatic N) is 4. The number of anilines is 1. The summed E-state index contributed by atoms with van der Waals surface area (Å²) in [6.07, 6.45) is 0.978. The zero-order valence-electron chi connectivity index (χ0n) is 18.1. The minimum absolute atomic E-state index is 0.0146. The van der Waals surface area contributed by atoms with Crippen LogP contribution in [0.5, 0.6) is 5.75 Å². The highest BCUT2D eigenvalue weighted by atomic mass is 32.2. The fourth-order valence-electron chi connectivity index (χ4n) is 4.75. The van der Waals surface area contributed by atoms with Crippen LogP contribution < -0.4 is 9.64 Å². The number of hydrogen-bond donors (Lipinski definition) is 0. The summed E-state index contributed by atoms with van der Waals surface area (Å²) in [5.41, 5.74) is 4.14. The maximum atomic E-state index is 13.2. The van der Waals surface area contributed by atoms with Gasteiger partial charge in [0.25, 0.3) is 15.9 Å². The van der Waals surface area contributed by atoms with E-state index in [4.69, 9.17) is 4.74 Å². The van der Waals surface area contributed by atoms with E-state index >= 15 is 0 Å². The molecule has 10 heteroatoms. The summed E-state index contributed by atoms with van der Waals surface area (Å²) in [5.74, 6) is 1.04. The highest BCUT2D eigenvalue weighted by Gasteiger charge is 2.34. The molecule has 2 aromatic rings. The van der Waals surface area contributed by atoms with Crippen LogP contribution in [0.3, 0.4) is 0 Å². The lowest BCUT2D eigenvalue weighted by Gasteiger charge is -2.35. The molecule has 0 saturated carbocycles. The smallest absolute Gasteiger partial charge is 0.257 e. The van der Waals surface area contributed by atoms with Gasteiger partial charge >= 0.3 is 0 Å². The van der Waals surface area contributed by atoms with Gasteiger partial charge in [0.2, 0.25) is 0 Å². The standard InChI is InChI=1S/C23H24N4O4S2/c28-22(18-2-3-19-21(14-18)32-23-24-33(29,30)12-10-27(19)23)26-8-6-25(7-9-26)15-16-1-4-20-17(13-16)5-11-31-20/h1-4,13-14H,5-12,15H2. The van der Waals surface area contributed by atoms with E-state index in [0.29, 0.717) is 30.4 Å². The van der Waals surface area contributed by atoms with E-state index in [9.17, 15) is 13.2 Å². The van der Waals surface area contributed by atoms with Crippen LogP contribution in [0.4, 0.5) is 5.69 Å². The van der Waals surface area contributed by atoms with Gasteiger partial charge in [-0.25, -0.2) is 8.42 Å². The van der Waals surface area contributed by atoms with Gasteiger partial charge in [-0.2, -0.15) is 0 Å². The number of amidine groups is 1. The molecule has 0 radical (unpaired) electrons. The second-order valence-corrected chi connectivity index (χ2v) is 11.5. The first-order valence-corrected chi connectivity index (χ1v) is 13.6. The number of piperazine rings is 1. The molecular weight excluding hydrogens is 460 g/mol. The van der Waals surface area contributed by atoms with E-state index < -0.39 is 10.0 Å². The van der Waals surface area contributed by atoms with Crippen molar-refractivity contribution >= 4 is 38.5 Å². The van der Waals surface area contributed by atoms with Gasteiger partial charge in [-0.3, -0.25) is 9.69 Å². The Morgan fingerprint density at radius 2 is 1.91 bits per heavy atom. The lowest BCUT2D eigenvalue weighted by Crippen LogP contribution is -2.48. The molecule has 1 saturated heterocycles. The first-order chi connectivity index (χ1) is 15.9. The number of sulfonamides is 1. The molecule has 1 fully saturated rings. The van der Waals surface area contributed by atoms with Crippen molar-refractivity contribution in [3.63, 3.8) is 0 Å². The highest BCUT2D eigenvalue weighted by molar-refractivity contribution is 8.15. The number of fused-ring (bicyclic) bond motifs is 4. The number of benzene rings is 2. The van der Waals surface area contributed by atoms with Crippen molar-refractivity contribution in [2.45, 2.75) is 17.9 Å². The van der Waals surface area contributed by atoms with Crippen LogP contribution in [0.2, 0.25) is 0 Å². The summed E-state index contributed by atoms with van der Waals surface area (Å²) in [6, 6.07) is 12.1. The normalized spacial score (nSPS) is 21.2. The van der Waals surface area contributed by atoms with Crippen molar-refractivity contribution in [1.82, 2.24) is 9.80 Å². The first kappa shape index (κ1) is 21.0. The molecule has 0 atom stereocenters. The van der Waals surface area contributed by atoms with Gasteiger partial charge in [-0.1, -0.05) is 12.1 Å². The highest BCUT2D eigenvalue weighted by Crippen LogP contribution is 2.42. The third-order valence-electron chi connectivity index (χ3n) is 6.54. The fraction of sp³-hybridized carbons (Fsp3) is 0.391. The summed E-state index contributed by atoms with van der Waals surface area (Å²) in [6.45, 7) is 5.09. The number of carbonyl (C=O) groups is 1. The molecule has 0 N–H and O–H groups in total. The van der Waals surface area contributed by atoms with E-state index in [2.05, 4.69) is 27.5 Å². The molecule has 8 nitrogen and oxygen atoms in total. The predicted octanol–water partition coefficient (Wildman–Crippen LogP) is 2.19. The van der Waals surface area contributed by atoms with Crippen LogP contribution in [0.25, 0.3) is 0 Å². The van der Waals surface area contributed by atoms with Gasteiger partial charge in [0.05, 0.1) is 18.0 Å². The van der Waals surface area contributed by atoms with Gasteiger partial charge in [0.15, 0.2) is 5.17 Å². The molecule has 0 unspecified atom stereocenters. The van der Waals surface area contributed by atoms with E-state index in [1.165, 1.54) is 22.9 Å². The van der Waals surface area contributed by atoms with Crippen molar-refractivity contribution in [2.24, 2.45) is 4.40 Å².